The zero-order valence-corrected chi connectivity index (χ0v) is 12.3. The van der Waals surface area contributed by atoms with Crippen LogP contribution in [0, 0.1) is 0 Å². The number of nitrogens with zero attached hydrogens (tertiary/aromatic N) is 2. The van der Waals surface area contributed by atoms with Crippen LogP contribution in [0.15, 0.2) is 29.2 Å². The smallest absolute Gasteiger partial charge is 0.153 e. The van der Waals surface area contributed by atoms with Crippen molar-refractivity contribution in [2.75, 3.05) is 5.75 Å². The number of rotatable bonds is 2. The summed E-state index contributed by atoms with van der Waals surface area (Å²) < 4.78 is 0. The molecule has 4 heteroatoms. The van der Waals surface area contributed by atoms with E-state index >= 15 is 0 Å². The number of thioether (sulfide) groups is 1. The number of fused-ring (bicyclic) bond motifs is 1. The van der Waals surface area contributed by atoms with Crippen LogP contribution in [0.25, 0.3) is 0 Å². The Balaban J connectivity index is 1.59. The predicted octanol–water partition coefficient (Wildman–Crippen LogP) is 4.09. The maximum absolute atomic E-state index is 4.83. The van der Waals surface area contributed by atoms with Gasteiger partial charge in [-0.2, -0.15) is 5.10 Å². The molecule has 1 aliphatic heterocycles. The molecule has 1 atom stereocenters. The van der Waals surface area contributed by atoms with E-state index in [4.69, 9.17) is 4.98 Å². The number of nitrogens with one attached hydrogen (secondary N) is 1. The van der Waals surface area contributed by atoms with Gasteiger partial charge in [0.15, 0.2) is 5.82 Å². The molecule has 2 aliphatic rings. The van der Waals surface area contributed by atoms with E-state index in [0.29, 0.717) is 11.8 Å². The van der Waals surface area contributed by atoms with E-state index in [1.807, 2.05) is 11.8 Å². The monoisotopic (exact) mass is 285 g/mol. The molecule has 104 valence electrons. The van der Waals surface area contributed by atoms with Gasteiger partial charge in [-0.15, -0.1) is 11.8 Å². The summed E-state index contributed by atoms with van der Waals surface area (Å²) in [6, 6.07) is 8.67. The van der Waals surface area contributed by atoms with Crippen LogP contribution in [0.1, 0.15) is 61.2 Å². The highest BCUT2D eigenvalue weighted by Crippen LogP contribution is 2.42. The lowest BCUT2D eigenvalue weighted by molar-refractivity contribution is 0.429. The minimum absolute atomic E-state index is 0.390. The summed E-state index contributed by atoms with van der Waals surface area (Å²) in [6.07, 6.45) is 6.55. The van der Waals surface area contributed by atoms with Gasteiger partial charge < -0.3 is 0 Å². The molecule has 4 rings (SSSR count). The van der Waals surface area contributed by atoms with Gasteiger partial charge in [0.25, 0.3) is 0 Å². The molecule has 1 fully saturated rings. The van der Waals surface area contributed by atoms with Crippen LogP contribution >= 0.6 is 11.8 Å². The first-order chi connectivity index (χ1) is 9.92. The molecule has 0 saturated heterocycles. The number of hydrogen-bond donors (Lipinski definition) is 1. The fraction of sp³-hybridized carbons (Fsp3) is 0.500. The van der Waals surface area contributed by atoms with E-state index < -0.39 is 0 Å². The fourth-order valence-corrected chi connectivity index (χ4v) is 4.61. The number of hydrogen-bond acceptors (Lipinski definition) is 3. The summed E-state index contributed by atoms with van der Waals surface area (Å²) in [5, 5.41) is 7.72. The number of benzene rings is 1. The zero-order chi connectivity index (χ0) is 13.4. The standard InChI is InChI=1S/C16H19N3S/c1-2-6-11(7-3-1)15-17-16(19-18-15)13-10-20-14-9-5-4-8-12(13)14/h4-5,8-9,11,13H,1-3,6-7,10H2,(H,17,18,19). The second-order valence-electron chi connectivity index (χ2n) is 5.82. The maximum atomic E-state index is 4.83. The zero-order valence-electron chi connectivity index (χ0n) is 11.5. The lowest BCUT2D eigenvalue weighted by atomic mass is 9.89. The quantitative estimate of drug-likeness (QED) is 0.903. The molecule has 2 aromatic rings. The van der Waals surface area contributed by atoms with Crippen molar-refractivity contribution >= 4 is 11.8 Å². The Morgan fingerprint density at radius 1 is 1.10 bits per heavy atom. The van der Waals surface area contributed by atoms with Gasteiger partial charge >= 0.3 is 0 Å². The highest BCUT2D eigenvalue weighted by molar-refractivity contribution is 7.99. The van der Waals surface area contributed by atoms with E-state index in [2.05, 4.69) is 34.5 Å². The average molecular weight is 285 g/mol. The van der Waals surface area contributed by atoms with Gasteiger partial charge in [0, 0.05) is 16.6 Å². The number of aromatic nitrogens is 3. The van der Waals surface area contributed by atoms with E-state index in [9.17, 15) is 0 Å². The van der Waals surface area contributed by atoms with E-state index in [1.54, 1.807) is 0 Å². The number of aromatic amines is 1. The predicted molar refractivity (Wildman–Crippen MR) is 81.2 cm³/mol. The summed E-state index contributed by atoms with van der Waals surface area (Å²) in [5.41, 5.74) is 1.41. The summed E-state index contributed by atoms with van der Waals surface area (Å²) in [7, 11) is 0. The molecule has 0 amide bonds. The van der Waals surface area contributed by atoms with Crippen molar-refractivity contribution in [2.45, 2.75) is 48.8 Å². The molecule has 0 radical (unpaired) electrons. The highest BCUT2D eigenvalue weighted by Gasteiger charge is 2.28. The third-order valence-electron chi connectivity index (χ3n) is 4.52. The van der Waals surface area contributed by atoms with Crippen molar-refractivity contribution in [2.24, 2.45) is 0 Å². The Labute approximate surface area is 123 Å². The molecule has 2 heterocycles. The number of H-pyrrole nitrogens is 1. The average Bonchev–Trinajstić information content (AvgIpc) is 3.14. The van der Waals surface area contributed by atoms with Crippen molar-refractivity contribution in [1.82, 2.24) is 15.2 Å². The Hall–Kier alpha value is -1.29. The van der Waals surface area contributed by atoms with E-state index in [0.717, 1.165) is 17.4 Å². The molecule has 0 bridgehead atoms. The van der Waals surface area contributed by atoms with Crippen LogP contribution in [0.3, 0.4) is 0 Å². The van der Waals surface area contributed by atoms with Gasteiger partial charge in [0.1, 0.15) is 5.82 Å². The summed E-state index contributed by atoms with van der Waals surface area (Å²) in [6.45, 7) is 0. The highest BCUT2D eigenvalue weighted by atomic mass is 32.2. The lowest BCUT2D eigenvalue weighted by Gasteiger charge is -2.18. The second kappa shape index (κ2) is 5.24. The first kappa shape index (κ1) is 12.5. The van der Waals surface area contributed by atoms with Crippen molar-refractivity contribution in [3.05, 3.63) is 41.5 Å². The minimum atomic E-state index is 0.390. The fourth-order valence-electron chi connectivity index (χ4n) is 3.38. The van der Waals surface area contributed by atoms with Crippen LogP contribution in [0.4, 0.5) is 0 Å². The first-order valence-electron chi connectivity index (χ1n) is 7.56. The Bertz CT molecular complexity index is 601. The summed E-state index contributed by atoms with van der Waals surface area (Å²) in [4.78, 5) is 6.23. The van der Waals surface area contributed by atoms with Crippen molar-refractivity contribution in [3.8, 4) is 0 Å². The van der Waals surface area contributed by atoms with Crippen molar-refractivity contribution < 1.29 is 0 Å². The Morgan fingerprint density at radius 3 is 2.85 bits per heavy atom. The van der Waals surface area contributed by atoms with Gasteiger partial charge in [0.05, 0.1) is 5.92 Å². The molecule has 1 saturated carbocycles. The van der Waals surface area contributed by atoms with E-state index in [1.165, 1.54) is 42.6 Å². The lowest BCUT2D eigenvalue weighted by Crippen LogP contribution is -2.07. The minimum Gasteiger partial charge on any atom is -0.262 e. The van der Waals surface area contributed by atoms with Gasteiger partial charge in [-0.1, -0.05) is 37.5 Å². The maximum Gasteiger partial charge on any atom is 0.153 e. The van der Waals surface area contributed by atoms with Gasteiger partial charge in [-0.05, 0) is 24.5 Å². The molecular formula is C16H19N3S. The molecular weight excluding hydrogens is 266 g/mol. The van der Waals surface area contributed by atoms with Gasteiger partial charge in [-0.25, -0.2) is 4.98 Å². The molecule has 1 aromatic heterocycles. The largest absolute Gasteiger partial charge is 0.262 e. The second-order valence-corrected chi connectivity index (χ2v) is 6.88. The molecule has 20 heavy (non-hydrogen) atoms. The third kappa shape index (κ3) is 2.16. The third-order valence-corrected chi connectivity index (χ3v) is 5.70. The van der Waals surface area contributed by atoms with Crippen molar-refractivity contribution in [3.63, 3.8) is 0 Å². The van der Waals surface area contributed by atoms with Crippen LogP contribution in [0.2, 0.25) is 0 Å². The van der Waals surface area contributed by atoms with E-state index in [-0.39, 0.29) is 0 Å². The van der Waals surface area contributed by atoms with Gasteiger partial charge in [0.2, 0.25) is 0 Å². The van der Waals surface area contributed by atoms with Gasteiger partial charge in [-0.3, -0.25) is 5.10 Å². The van der Waals surface area contributed by atoms with Crippen LogP contribution < -0.4 is 0 Å². The molecule has 3 nitrogen and oxygen atoms in total. The summed E-state index contributed by atoms with van der Waals surface area (Å²) >= 11 is 1.93. The topological polar surface area (TPSA) is 41.6 Å². The normalized spacial score (nSPS) is 22.9. The van der Waals surface area contributed by atoms with Crippen molar-refractivity contribution in [1.29, 1.82) is 0 Å². The SMILES string of the molecule is c1ccc2c(c1)SCC2c1nc(C2CCCCC2)n[nH]1. The molecule has 1 N–H and O–H groups in total. The van der Waals surface area contributed by atoms with Crippen LogP contribution in [0.5, 0.6) is 0 Å². The van der Waals surface area contributed by atoms with Crippen LogP contribution in [-0.2, 0) is 0 Å². The first-order valence-corrected chi connectivity index (χ1v) is 8.54. The molecule has 1 aliphatic carbocycles. The Morgan fingerprint density at radius 2 is 1.95 bits per heavy atom. The molecule has 1 aromatic carbocycles. The molecule has 1 unspecified atom stereocenters. The summed E-state index contributed by atoms with van der Waals surface area (Å²) in [5.74, 6) is 4.16. The molecule has 0 spiro atoms. The Kier molecular flexibility index (Phi) is 3.26. The van der Waals surface area contributed by atoms with Crippen LogP contribution in [-0.4, -0.2) is 20.9 Å².